The summed E-state index contributed by atoms with van der Waals surface area (Å²) in [4.78, 5) is 0. The van der Waals surface area contributed by atoms with E-state index in [4.69, 9.17) is 37.9 Å². The Labute approximate surface area is 439 Å². The number of hydrogen-bond donors (Lipinski definition) is 14. The first kappa shape index (κ1) is 60.0. The van der Waals surface area contributed by atoms with Gasteiger partial charge in [-0.3, -0.25) is 0 Å². The average Bonchev–Trinajstić information content (AvgIpc) is 3.87. The zero-order chi connectivity index (χ0) is 55.2. The lowest BCUT2D eigenvalue weighted by Crippen LogP contribution is -2.71. The number of hydrogen-bond acceptors (Lipinski definition) is 22. The molecule has 8 rings (SSSR count). The summed E-state index contributed by atoms with van der Waals surface area (Å²) < 4.78 is 49.8. The van der Waals surface area contributed by atoms with Gasteiger partial charge in [0.1, 0.15) is 85.5 Å². The molecule has 0 aromatic carbocycles. The first-order chi connectivity index (χ1) is 35.0. The Morgan fingerprint density at radius 3 is 1.84 bits per heavy atom. The molecule has 0 spiro atoms. The number of ether oxygens (including phenoxy) is 8. The summed E-state index contributed by atoms with van der Waals surface area (Å²) in [7, 11) is 0. The first-order valence-corrected chi connectivity index (χ1v) is 27.2. The molecule has 0 amide bonds. The van der Waals surface area contributed by atoms with E-state index in [9.17, 15) is 71.5 Å². The Hall–Kier alpha value is -1.14. The van der Waals surface area contributed by atoms with Gasteiger partial charge >= 0.3 is 0 Å². The zero-order valence-electron chi connectivity index (χ0n) is 44.9. The highest BCUT2D eigenvalue weighted by Gasteiger charge is 2.74. The Bertz CT molecular complexity index is 1960. The highest BCUT2D eigenvalue weighted by Crippen LogP contribution is 2.76. The molecule has 0 bridgehead atoms. The van der Waals surface area contributed by atoms with Crippen LogP contribution in [0.15, 0.2) is 11.6 Å². The highest BCUT2D eigenvalue weighted by molar-refractivity contribution is 5.22. The van der Waals surface area contributed by atoms with Crippen LogP contribution in [-0.2, 0) is 37.9 Å². The van der Waals surface area contributed by atoms with Crippen molar-refractivity contribution in [2.24, 2.45) is 45.3 Å². The van der Waals surface area contributed by atoms with Crippen molar-refractivity contribution in [3.63, 3.8) is 0 Å². The van der Waals surface area contributed by atoms with Gasteiger partial charge < -0.3 is 109 Å². The van der Waals surface area contributed by atoms with E-state index in [1.165, 1.54) is 6.92 Å². The van der Waals surface area contributed by atoms with E-state index in [1.807, 2.05) is 34.6 Å². The molecule has 4 aliphatic heterocycles. The van der Waals surface area contributed by atoms with Crippen LogP contribution in [0.1, 0.15) is 114 Å². The predicted molar refractivity (Wildman–Crippen MR) is 260 cm³/mol. The molecule has 0 radical (unpaired) electrons. The van der Waals surface area contributed by atoms with E-state index < -0.39 is 194 Å². The Morgan fingerprint density at radius 2 is 1.20 bits per heavy atom. The minimum atomic E-state index is -1.77. The molecule has 75 heavy (non-hydrogen) atoms. The van der Waals surface area contributed by atoms with Crippen LogP contribution >= 0.6 is 0 Å². The third kappa shape index (κ3) is 10.4. The van der Waals surface area contributed by atoms with Gasteiger partial charge in [-0.1, -0.05) is 46.3 Å². The number of rotatable bonds is 15. The van der Waals surface area contributed by atoms with Crippen LogP contribution in [0.25, 0.3) is 0 Å². The molecule has 8 fully saturated rings. The predicted octanol–water partition coefficient (Wildman–Crippen LogP) is -1.57. The van der Waals surface area contributed by atoms with Crippen LogP contribution in [0.3, 0.4) is 0 Å². The normalized spacial score (nSPS) is 53.6. The topological polar surface area (TPSA) is 357 Å². The molecule has 0 unspecified atom stereocenters. The van der Waals surface area contributed by atoms with Crippen LogP contribution in [0, 0.1) is 45.3 Å². The van der Waals surface area contributed by atoms with Crippen molar-refractivity contribution < 1.29 is 109 Å². The fourth-order valence-corrected chi connectivity index (χ4v) is 16.1. The molecule has 434 valence electrons. The van der Waals surface area contributed by atoms with Gasteiger partial charge in [0.2, 0.25) is 0 Å². The Balaban J connectivity index is 1.12. The summed E-state index contributed by atoms with van der Waals surface area (Å²) in [5, 5.41) is 155. The minimum absolute atomic E-state index is 0.136. The molecule has 0 aromatic rings. The Morgan fingerprint density at radius 1 is 0.627 bits per heavy atom. The van der Waals surface area contributed by atoms with Gasteiger partial charge in [-0.15, -0.1) is 0 Å². The molecular weight excluding hydrogens is 989 g/mol. The summed E-state index contributed by atoms with van der Waals surface area (Å²) in [6.07, 6.45) is -25.3. The molecule has 4 saturated carbocycles. The van der Waals surface area contributed by atoms with Gasteiger partial charge in [0.15, 0.2) is 25.2 Å². The third-order valence-corrected chi connectivity index (χ3v) is 20.4. The molecule has 14 N–H and O–H groups in total. The van der Waals surface area contributed by atoms with Gasteiger partial charge in [0, 0.05) is 0 Å². The molecule has 30 atom stereocenters. The van der Waals surface area contributed by atoms with E-state index in [0.717, 1.165) is 5.57 Å². The summed E-state index contributed by atoms with van der Waals surface area (Å²) in [6, 6.07) is 0. The van der Waals surface area contributed by atoms with Gasteiger partial charge in [-0.05, 0) is 124 Å². The van der Waals surface area contributed by atoms with Crippen molar-refractivity contribution in [2.45, 2.75) is 254 Å². The maximum atomic E-state index is 12.9. The van der Waals surface area contributed by atoms with Crippen molar-refractivity contribution in [3.8, 4) is 0 Å². The molecule has 8 aliphatic rings. The third-order valence-electron chi connectivity index (χ3n) is 20.4. The van der Waals surface area contributed by atoms with E-state index >= 15 is 0 Å². The fourth-order valence-electron chi connectivity index (χ4n) is 16.1. The monoisotopic (exact) mass is 1080 g/mol. The zero-order valence-corrected chi connectivity index (χ0v) is 44.9. The maximum Gasteiger partial charge on any atom is 0.187 e. The number of allylic oxidation sites excluding steroid dienone is 2. The average molecular weight is 1080 g/mol. The summed E-state index contributed by atoms with van der Waals surface area (Å²) >= 11 is 0. The van der Waals surface area contributed by atoms with E-state index in [2.05, 4.69) is 26.8 Å². The lowest BCUT2D eigenvalue weighted by Gasteiger charge is -2.72. The van der Waals surface area contributed by atoms with Crippen molar-refractivity contribution in [2.75, 3.05) is 19.8 Å². The highest BCUT2D eigenvalue weighted by atomic mass is 16.8. The van der Waals surface area contributed by atoms with Gasteiger partial charge in [-0.25, -0.2) is 0 Å². The molecular formula is C53H90O22. The van der Waals surface area contributed by atoms with Crippen LogP contribution in [0.2, 0.25) is 0 Å². The molecule has 22 heteroatoms. The molecule has 4 heterocycles. The summed E-state index contributed by atoms with van der Waals surface area (Å²) in [5.74, 6) is -1.36. The SMILES string of the molecule is CC(C)=CCC[C@](C)(O[C@@H]1O[C@H](CO[C@@H]2O[C@H](CO)[C@@H](O)[C@@H]2O)[C@@H](O)[C@H](O)[C@H]1O)[C@H]1CC[C@]2(C)[C@@H]1[C@H](O)C[C@@H]1[C@@]3(C)CC[C@H](O)C(C)(C)[C@@H]3[C@@H](O[C@@H]3O[C@H](CO)[C@@H](O)[C@H](O)[C@H]3O[C@@H]3O[C@@H](C)[C@H](O)[C@@H](O)[C@H]3O)C[C@]12C. The summed E-state index contributed by atoms with van der Waals surface area (Å²) in [5.41, 5.74) is -2.78. The fraction of sp³-hybridized carbons (Fsp3) is 0.962. The standard InChI is InChI=1S/C53H90O22/c1-22(2)11-10-14-53(9,75-47-42(67)38(63)36(61)29(73-47)21-68-45-40(65)35(60)28(20-55)71-45)24-12-16-51(7)32(24)25(56)17-30-50(6)15-13-31(57)49(4,5)44(50)26(18-52(30,51)8)70-48-43(39(64)34(59)27(19-54)72-48)74-46-41(66)37(62)33(58)23(3)69-46/h11,23-48,54-67H,10,12-21H2,1-9H3/t23-,24-,25+,26-,27+,28+,29+,30+,31-,32-,33-,34+,35+,36+,37+,38-,39-,40-,41+,42+,43+,44-,45+,46-,47-,48+,50+,51+,52+,53-/m0/s1. The van der Waals surface area contributed by atoms with E-state index in [1.54, 1.807) is 0 Å². The largest absolute Gasteiger partial charge is 0.394 e. The maximum absolute atomic E-state index is 12.9. The number of fused-ring (bicyclic) bond motifs is 5. The van der Waals surface area contributed by atoms with Crippen LogP contribution < -0.4 is 0 Å². The first-order valence-electron chi connectivity index (χ1n) is 27.2. The smallest absolute Gasteiger partial charge is 0.187 e. The lowest BCUT2D eigenvalue weighted by atomic mass is 9.34. The van der Waals surface area contributed by atoms with Gasteiger partial charge in [-0.2, -0.15) is 0 Å². The van der Waals surface area contributed by atoms with Gasteiger partial charge in [0.25, 0.3) is 0 Å². The number of aliphatic hydroxyl groups is 14. The van der Waals surface area contributed by atoms with E-state index in [0.29, 0.717) is 51.4 Å². The van der Waals surface area contributed by atoms with Crippen LogP contribution in [0.4, 0.5) is 0 Å². The van der Waals surface area contributed by atoms with Crippen LogP contribution in [0.5, 0.6) is 0 Å². The lowest BCUT2D eigenvalue weighted by molar-refractivity contribution is -0.382. The second kappa shape index (κ2) is 22.3. The van der Waals surface area contributed by atoms with Gasteiger partial charge in [0.05, 0.1) is 49.8 Å². The molecule has 22 nitrogen and oxygen atoms in total. The second-order valence-electron chi connectivity index (χ2n) is 25.4. The van der Waals surface area contributed by atoms with Crippen molar-refractivity contribution in [3.05, 3.63) is 11.6 Å². The summed E-state index contributed by atoms with van der Waals surface area (Å²) in [6.45, 7) is 16.2. The molecule has 0 aromatic heterocycles. The van der Waals surface area contributed by atoms with Crippen molar-refractivity contribution in [1.29, 1.82) is 0 Å². The minimum Gasteiger partial charge on any atom is -0.394 e. The molecule has 4 aliphatic carbocycles. The Kier molecular flexibility index (Phi) is 17.8. The number of aliphatic hydroxyl groups excluding tert-OH is 14. The van der Waals surface area contributed by atoms with Crippen LogP contribution in [-0.4, -0.2) is 232 Å². The molecule has 4 saturated heterocycles. The van der Waals surface area contributed by atoms with Crippen molar-refractivity contribution >= 4 is 0 Å². The van der Waals surface area contributed by atoms with Crippen molar-refractivity contribution in [1.82, 2.24) is 0 Å². The van der Waals surface area contributed by atoms with E-state index in [-0.39, 0.29) is 11.8 Å². The second-order valence-corrected chi connectivity index (χ2v) is 25.4. The quantitative estimate of drug-likeness (QED) is 0.0651.